The van der Waals surface area contributed by atoms with E-state index in [1.807, 2.05) is 19.9 Å². The van der Waals surface area contributed by atoms with Gasteiger partial charge in [-0.05, 0) is 17.5 Å². The third-order valence-electron chi connectivity index (χ3n) is 3.37. The fraction of sp³-hybridized carbons (Fsp3) is 0.462. The van der Waals surface area contributed by atoms with E-state index in [2.05, 4.69) is 10.3 Å². The van der Waals surface area contributed by atoms with Crippen molar-refractivity contribution in [3.63, 3.8) is 0 Å². The second kappa shape index (κ2) is 4.40. The van der Waals surface area contributed by atoms with Gasteiger partial charge >= 0.3 is 5.97 Å². The minimum Gasteiger partial charge on any atom is -0.480 e. The Hall–Kier alpha value is -1.91. The molecule has 1 amide bonds. The first kappa shape index (κ1) is 12.5. The van der Waals surface area contributed by atoms with Crippen LogP contribution in [0.5, 0.6) is 0 Å². The number of carbonyl (C=O) groups excluding carboxylic acids is 1. The second-order valence-electron chi connectivity index (χ2n) is 4.94. The van der Waals surface area contributed by atoms with E-state index in [1.165, 1.54) is 0 Å². The molecule has 96 valence electrons. The highest BCUT2D eigenvalue weighted by molar-refractivity contribution is 5.93. The van der Waals surface area contributed by atoms with Crippen LogP contribution < -0.4 is 5.32 Å². The standard InChI is InChI=1S/C13H16N2O3/c1-8(2)9-4-3-5-14-11(9)13(12(17)18)6-10(16)15-7-13/h3-5,8H,6-7H2,1-2H3,(H,15,16)(H,17,18). The van der Waals surface area contributed by atoms with Crippen LogP contribution in [-0.2, 0) is 15.0 Å². The maximum absolute atomic E-state index is 11.6. The average Bonchev–Trinajstić information content (AvgIpc) is 2.73. The van der Waals surface area contributed by atoms with Crippen LogP contribution in [0.2, 0.25) is 0 Å². The average molecular weight is 248 g/mol. The highest BCUT2D eigenvalue weighted by Gasteiger charge is 2.49. The Morgan fingerprint density at radius 3 is 2.78 bits per heavy atom. The normalized spacial score (nSPS) is 23.2. The molecule has 1 saturated heterocycles. The summed E-state index contributed by atoms with van der Waals surface area (Å²) >= 11 is 0. The number of nitrogens with zero attached hydrogens (tertiary/aromatic N) is 1. The van der Waals surface area contributed by atoms with Gasteiger partial charge < -0.3 is 10.4 Å². The van der Waals surface area contributed by atoms with Crippen molar-refractivity contribution in [3.8, 4) is 0 Å². The first-order chi connectivity index (χ1) is 8.47. The van der Waals surface area contributed by atoms with Crippen LogP contribution in [0.1, 0.15) is 37.4 Å². The van der Waals surface area contributed by atoms with Gasteiger partial charge in [0.15, 0.2) is 0 Å². The summed E-state index contributed by atoms with van der Waals surface area (Å²) in [7, 11) is 0. The van der Waals surface area contributed by atoms with Crippen molar-refractivity contribution in [1.29, 1.82) is 0 Å². The first-order valence-electron chi connectivity index (χ1n) is 5.93. The number of nitrogens with one attached hydrogen (secondary N) is 1. The molecular weight excluding hydrogens is 232 g/mol. The third kappa shape index (κ3) is 1.85. The van der Waals surface area contributed by atoms with Crippen molar-refractivity contribution in [3.05, 3.63) is 29.6 Å². The molecule has 5 heteroatoms. The highest BCUT2D eigenvalue weighted by atomic mass is 16.4. The molecule has 1 aromatic heterocycles. The van der Waals surface area contributed by atoms with Gasteiger partial charge in [-0.1, -0.05) is 19.9 Å². The van der Waals surface area contributed by atoms with Crippen molar-refractivity contribution in [2.75, 3.05) is 6.54 Å². The Kier molecular flexibility index (Phi) is 3.07. The Balaban J connectivity index is 2.57. The van der Waals surface area contributed by atoms with Gasteiger partial charge in [-0.25, -0.2) is 0 Å². The minimum atomic E-state index is -1.22. The van der Waals surface area contributed by atoms with E-state index in [-0.39, 0.29) is 24.8 Å². The number of aromatic nitrogens is 1. The zero-order chi connectivity index (χ0) is 13.3. The fourth-order valence-electron chi connectivity index (χ4n) is 2.35. The predicted molar refractivity (Wildman–Crippen MR) is 65.3 cm³/mol. The summed E-state index contributed by atoms with van der Waals surface area (Å²) in [5.74, 6) is -1.07. The number of pyridine rings is 1. The van der Waals surface area contributed by atoms with Crippen molar-refractivity contribution in [2.45, 2.75) is 31.6 Å². The number of carboxylic acid groups (broad SMARTS) is 1. The highest BCUT2D eigenvalue weighted by Crippen LogP contribution is 2.35. The van der Waals surface area contributed by atoms with Gasteiger partial charge in [-0.2, -0.15) is 0 Å². The Morgan fingerprint density at radius 1 is 1.56 bits per heavy atom. The monoisotopic (exact) mass is 248 g/mol. The van der Waals surface area contributed by atoms with Crippen LogP contribution in [-0.4, -0.2) is 28.5 Å². The summed E-state index contributed by atoms with van der Waals surface area (Å²) in [5, 5.41) is 12.1. The lowest BCUT2D eigenvalue weighted by atomic mass is 9.79. The van der Waals surface area contributed by atoms with Crippen molar-refractivity contribution >= 4 is 11.9 Å². The van der Waals surface area contributed by atoms with Gasteiger partial charge in [0.05, 0.1) is 12.1 Å². The smallest absolute Gasteiger partial charge is 0.318 e. The summed E-state index contributed by atoms with van der Waals surface area (Å²) in [6.45, 7) is 4.08. The lowest BCUT2D eigenvalue weighted by Gasteiger charge is -2.25. The number of carboxylic acids is 1. The van der Waals surface area contributed by atoms with Crippen molar-refractivity contribution < 1.29 is 14.7 Å². The number of hydrogen-bond acceptors (Lipinski definition) is 3. The molecule has 1 aliphatic rings. The third-order valence-corrected chi connectivity index (χ3v) is 3.37. The molecule has 1 aromatic rings. The van der Waals surface area contributed by atoms with Crippen LogP contribution in [0, 0.1) is 0 Å². The zero-order valence-electron chi connectivity index (χ0n) is 10.4. The lowest BCUT2D eigenvalue weighted by molar-refractivity contribution is -0.144. The molecule has 2 N–H and O–H groups in total. The van der Waals surface area contributed by atoms with Crippen LogP contribution in [0.25, 0.3) is 0 Å². The predicted octanol–water partition coefficient (Wildman–Crippen LogP) is 1.05. The van der Waals surface area contributed by atoms with Gasteiger partial charge in [0.25, 0.3) is 0 Å². The molecule has 1 atom stereocenters. The number of rotatable bonds is 3. The molecular formula is C13H16N2O3. The summed E-state index contributed by atoms with van der Waals surface area (Å²) in [4.78, 5) is 27.3. The first-order valence-corrected chi connectivity index (χ1v) is 5.93. The lowest BCUT2D eigenvalue weighted by Crippen LogP contribution is -2.39. The maximum Gasteiger partial charge on any atom is 0.318 e. The molecule has 0 bridgehead atoms. The van der Waals surface area contributed by atoms with Crippen molar-refractivity contribution in [1.82, 2.24) is 10.3 Å². The van der Waals surface area contributed by atoms with E-state index in [0.717, 1.165) is 5.56 Å². The van der Waals surface area contributed by atoms with Crippen LogP contribution in [0.15, 0.2) is 18.3 Å². The molecule has 1 fully saturated rings. The van der Waals surface area contributed by atoms with Gasteiger partial charge in [-0.3, -0.25) is 14.6 Å². The largest absolute Gasteiger partial charge is 0.480 e. The molecule has 0 saturated carbocycles. The van der Waals surface area contributed by atoms with E-state index in [4.69, 9.17) is 0 Å². The second-order valence-corrected chi connectivity index (χ2v) is 4.94. The molecule has 5 nitrogen and oxygen atoms in total. The van der Waals surface area contributed by atoms with Gasteiger partial charge in [-0.15, -0.1) is 0 Å². The quantitative estimate of drug-likeness (QED) is 0.838. The van der Waals surface area contributed by atoms with Gasteiger partial charge in [0.1, 0.15) is 5.41 Å². The molecule has 1 aliphatic heterocycles. The van der Waals surface area contributed by atoms with E-state index in [9.17, 15) is 14.7 Å². The number of aliphatic carboxylic acids is 1. The van der Waals surface area contributed by atoms with Crippen LogP contribution in [0.3, 0.4) is 0 Å². The minimum absolute atomic E-state index is 0.0426. The number of hydrogen-bond donors (Lipinski definition) is 2. The number of carbonyl (C=O) groups is 2. The van der Waals surface area contributed by atoms with E-state index in [1.54, 1.807) is 12.3 Å². The summed E-state index contributed by atoms with van der Waals surface area (Å²) < 4.78 is 0. The zero-order valence-corrected chi connectivity index (χ0v) is 10.4. The fourth-order valence-corrected chi connectivity index (χ4v) is 2.35. The molecule has 0 aliphatic carbocycles. The topological polar surface area (TPSA) is 79.3 Å². The van der Waals surface area contributed by atoms with Crippen molar-refractivity contribution in [2.24, 2.45) is 0 Å². The molecule has 2 heterocycles. The van der Waals surface area contributed by atoms with Gasteiger partial charge in [0.2, 0.25) is 5.91 Å². The SMILES string of the molecule is CC(C)c1cccnc1C1(C(=O)O)CNC(=O)C1. The number of amides is 1. The Morgan fingerprint density at radius 2 is 2.28 bits per heavy atom. The molecule has 18 heavy (non-hydrogen) atoms. The molecule has 2 rings (SSSR count). The van der Waals surface area contributed by atoms with E-state index in [0.29, 0.717) is 5.69 Å². The molecule has 1 unspecified atom stereocenters. The molecule has 0 spiro atoms. The van der Waals surface area contributed by atoms with E-state index < -0.39 is 11.4 Å². The van der Waals surface area contributed by atoms with Crippen LogP contribution >= 0.6 is 0 Å². The summed E-state index contributed by atoms with van der Waals surface area (Å²) in [5.41, 5.74) is 0.167. The summed E-state index contributed by atoms with van der Waals surface area (Å²) in [6.07, 6.45) is 1.54. The van der Waals surface area contributed by atoms with Crippen LogP contribution in [0.4, 0.5) is 0 Å². The maximum atomic E-state index is 11.6. The Bertz CT molecular complexity index is 499. The summed E-state index contributed by atoms with van der Waals surface area (Å²) in [6, 6.07) is 3.67. The van der Waals surface area contributed by atoms with Gasteiger partial charge in [0, 0.05) is 12.7 Å². The van der Waals surface area contributed by atoms with E-state index >= 15 is 0 Å². The Labute approximate surface area is 105 Å². The molecule has 0 aromatic carbocycles. The molecule has 0 radical (unpaired) electrons.